The van der Waals surface area contributed by atoms with E-state index in [0.29, 0.717) is 10.6 Å². The number of aromatic hydroxyl groups is 1. The zero-order chi connectivity index (χ0) is 18.4. The zero-order valence-electron chi connectivity index (χ0n) is 15.5. The van der Waals surface area contributed by atoms with Crippen LogP contribution in [0, 0.1) is 5.41 Å². The molecule has 0 aliphatic rings. The molecule has 0 amide bonds. The molecule has 0 fully saturated rings. The molecule has 0 saturated heterocycles. The third-order valence-corrected chi connectivity index (χ3v) is 4.73. The standard InChI is InChI=1S/C20H25N3OS/c1-19(2,3)12-20(4,5)13-10-16(18(24)17(25)11-13)23-21-14-8-6-7-9-15(14)22-23/h6-11,24-25H,12H2,1-5H3/p+1. The van der Waals surface area contributed by atoms with Crippen molar-refractivity contribution in [1.29, 1.82) is 0 Å². The summed E-state index contributed by atoms with van der Waals surface area (Å²) in [5.41, 5.74) is 3.48. The lowest BCUT2D eigenvalue weighted by molar-refractivity contribution is 0.283. The molecule has 1 N–H and O–H groups in total. The highest BCUT2D eigenvalue weighted by Crippen LogP contribution is 2.39. The maximum atomic E-state index is 10.5. The van der Waals surface area contributed by atoms with Gasteiger partial charge in [0.15, 0.2) is 10.6 Å². The monoisotopic (exact) mass is 356 g/mol. The van der Waals surface area contributed by atoms with Crippen molar-refractivity contribution in [3.8, 4) is 11.4 Å². The van der Waals surface area contributed by atoms with Gasteiger partial charge in [0.05, 0.1) is 0 Å². The Morgan fingerprint density at radius 2 is 1.56 bits per heavy atom. The molecule has 4 nitrogen and oxygen atoms in total. The minimum atomic E-state index is -0.0469. The summed E-state index contributed by atoms with van der Waals surface area (Å²) in [5.74, 6) is 0.146. The molecular weight excluding hydrogens is 330 g/mol. The molecule has 1 heterocycles. The van der Waals surface area contributed by atoms with E-state index in [4.69, 9.17) is 0 Å². The van der Waals surface area contributed by atoms with Gasteiger partial charge in [0.25, 0.3) is 0 Å². The van der Waals surface area contributed by atoms with E-state index in [2.05, 4.69) is 57.4 Å². The van der Waals surface area contributed by atoms with Gasteiger partial charge in [-0.3, -0.25) is 0 Å². The van der Waals surface area contributed by atoms with Gasteiger partial charge in [-0.1, -0.05) is 46.8 Å². The Morgan fingerprint density at radius 3 is 2.08 bits per heavy atom. The summed E-state index contributed by atoms with van der Waals surface area (Å²) in [6.45, 7) is 11.2. The van der Waals surface area contributed by atoms with Crippen LogP contribution in [0.5, 0.6) is 5.75 Å². The van der Waals surface area contributed by atoms with Crippen molar-refractivity contribution >= 4 is 23.7 Å². The first-order valence-electron chi connectivity index (χ1n) is 8.48. The minimum Gasteiger partial charge on any atom is -0.502 e. The molecule has 0 bridgehead atoms. The molecule has 3 rings (SSSR count). The molecule has 2 aromatic carbocycles. The Labute approximate surface area is 154 Å². The number of nitrogens with zero attached hydrogens (tertiary/aromatic N) is 3. The largest absolute Gasteiger partial charge is 0.502 e. The highest BCUT2D eigenvalue weighted by molar-refractivity contribution is 7.59. The second-order valence-corrected chi connectivity index (χ2v) is 9.03. The number of aromatic nitrogens is 3. The fourth-order valence-corrected chi connectivity index (χ4v) is 3.84. The van der Waals surface area contributed by atoms with E-state index in [1.807, 2.05) is 36.4 Å². The number of hydrogen-bond acceptors (Lipinski definition) is 3. The van der Waals surface area contributed by atoms with Crippen LogP contribution in [0.1, 0.15) is 46.6 Å². The lowest BCUT2D eigenvalue weighted by Gasteiger charge is -2.33. The second kappa shape index (κ2) is 6.06. The van der Waals surface area contributed by atoms with E-state index >= 15 is 0 Å². The number of fused-ring (bicyclic) bond motifs is 1. The van der Waals surface area contributed by atoms with Gasteiger partial charge in [0.1, 0.15) is 16.7 Å². The molecule has 0 unspecified atom stereocenters. The van der Waals surface area contributed by atoms with E-state index < -0.39 is 0 Å². The van der Waals surface area contributed by atoms with Crippen molar-refractivity contribution in [2.24, 2.45) is 5.41 Å². The molecule has 0 spiro atoms. The molecule has 0 aliphatic carbocycles. The molecule has 0 saturated carbocycles. The Bertz CT molecular complexity index is 889. The molecular formula is C20H26N3OS+. The van der Waals surface area contributed by atoms with Crippen LogP contribution >= 0.6 is 0 Å². The smallest absolute Gasteiger partial charge is 0.199 e. The molecule has 3 aromatic rings. The molecule has 0 atom stereocenters. The van der Waals surface area contributed by atoms with Gasteiger partial charge in [0, 0.05) is 6.07 Å². The molecule has 5 heteroatoms. The molecule has 0 radical (unpaired) electrons. The average Bonchev–Trinajstić information content (AvgIpc) is 2.90. The maximum absolute atomic E-state index is 10.5. The number of rotatable bonds is 3. The van der Waals surface area contributed by atoms with Crippen LogP contribution in [0.25, 0.3) is 16.7 Å². The molecule has 1 aromatic heterocycles. The first-order chi connectivity index (χ1) is 11.6. The van der Waals surface area contributed by atoms with E-state index in [1.54, 1.807) is 0 Å². The van der Waals surface area contributed by atoms with Crippen molar-refractivity contribution in [3.63, 3.8) is 0 Å². The van der Waals surface area contributed by atoms with E-state index in [1.165, 1.54) is 4.80 Å². The highest BCUT2D eigenvalue weighted by Gasteiger charge is 2.30. The third kappa shape index (κ3) is 3.66. The van der Waals surface area contributed by atoms with Gasteiger partial charge in [0.2, 0.25) is 0 Å². The van der Waals surface area contributed by atoms with Crippen molar-refractivity contribution in [2.75, 3.05) is 0 Å². The van der Waals surface area contributed by atoms with E-state index in [0.717, 1.165) is 23.0 Å². The van der Waals surface area contributed by atoms with Crippen LogP contribution in [0.3, 0.4) is 0 Å². The fraction of sp³-hybridized carbons (Fsp3) is 0.400. The quantitative estimate of drug-likeness (QED) is 0.715. The SMILES string of the molecule is CC(C)(C)CC(C)(C)c1cc([SH2+])c(O)c(-n2nc3ccccc3n2)c1. The first-order valence-corrected chi connectivity index (χ1v) is 8.98. The summed E-state index contributed by atoms with van der Waals surface area (Å²) >= 11 is 3.55. The number of phenolic OH excluding ortho intramolecular Hbond substituents is 1. The minimum absolute atomic E-state index is 0.0469. The summed E-state index contributed by atoms with van der Waals surface area (Å²) in [5, 5.41) is 19.6. The van der Waals surface area contributed by atoms with Gasteiger partial charge in [-0.05, 0) is 53.6 Å². The lowest BCUT2D eigenvalue weighted by atomic mass is 9.72. The van der Waals surface area contributed by atoms with E-state index in [-0.39, 0.29) is 16.6 Å². The number of benzene rings is 2. The van der Waals surface area contributed by atoms with Crippen LogP contribution in [-0.4, -0.2) is 20.1 Å². The Balaban J connectivity index is 2.13. The molecule has 132 valence electrons. The third-order valence-electron chi connectivity index (χ3n) is 4.35. The Morgan fingerprint density at radius 1 is 1.00 bits per heavy atom. The van der Waals surface area contributed by atoms with Crippen LogP contribution in [0.15, 0.2) is 41.3 Å². The van der Waals surface area contributed by atoms with Gasteiger partial charge < -0.3 is 5.11 Å². The topological polar surface area (TPSA) is 50.9 Å². The number of phenols is 1. The summed E-state index contributed by atoms with van der Waals surface area (Å²) in [6.07, 6.45) is 1.02. The van der Waals surface area contributed by atoms with Gasteiger partial charge in [-0.15, -0.1) is 15.0 Å². The van der Waals surface area contributed by atoms with E-state index in [9.17, 15) is 5.11 Å². The first kappa shape index (κ1) is 17.8. The predicted molar refractivity (Wildman–Crippen MR) is 106 cm³/mol. The fourth-order valence-electron chi connectivity index (χ4n) is 3.56. The highest BCUT2D eigenvalue weighted by atomic mass is 32.1. The summed E-state index contributed by atoms with van der Waals surface area (Å²) < 4.78 is 0. The Kier molecular flexibility index (Phi) is 4.31. The normalized spacial score (nSPS) is 12.7. The van der Waals surface area contributed by atoms with Crippen molar-refractivity contribution in [3.05, 3.63) is 42.0 Å². The van der Waals surface area contributed by atoms with Crippen LogP contribution in [0.4, 0.5) is 0 Å². The van der Waals surface area contributed by atoms with Crippen molar-refractivity contribution < 1.29 is 5.11 Å². The van der Waals surface area contributed by atoms with Crippen LogP contribution in [-0.2, 0) is 18.0 Å². The van der Waals surface area contributed by atoms with Gasteiger partial charge >= 0.3 is 0 Å². The Hall–Kier alpha value is -2.01. The summed E-state index contributed by atoms with van der Waals surface area (Å²) in [6, 6.07) is 11.7. The summed E-state index contributed by atoms with van der Waals surface area (Å²) in [7, 11) is 0. The second-order valence-electron chi connectivity index (χ2n) is 8.49. The van der Waals surface area contributed by atoms with Crippen LogP contribution in [0.2, 0.25) is 0 Å². The maximum Gasteiger partial charge on any atom is 0.199 e. The van der Waals surface area contributed by atoms with Crippen molar-refractivity contribution in [2.45, 2.75) is 51.3 Å². The lowest BCUT2D eigenvalue weighted by Crippen LogP contribution is -2.25. The zero-order valence-corrected chi connectivity index (χ0v) is 16.5. The van der Waals surface area contributed by atoms with Gasteiger partial charge in [-0.25, -0.2) is 0 Å². The molecule has 0 aliphatic heterocycles. The van der Waals surface area contributed by atoms with Crippen molar-refractivity contribution in [1.82, 2.24) is 15.0 Å². The summed E-state index contributed by atoms with van der Waals surface area (Å²) in [4.78, 5) is 2.16. The number of hydrogen-bond donors (Lipinski definition) is 1. The predicted octanol–water partition coefficient (Wildman–Crippen LogP) is 4.21. The van der Waals surface area contributed by atoms with Gasteiger partial charge in [-0.2, -0.15) is 0 Å². The molecule has 25 heavy (non-hydrogen) atoms. The average molecular weight is 357 g/mol. The van der Waals surface area contributed by atoms with Crippen LogP contribution < -0.4 is 0 Å².